The van der Waals surface area contributed by atoms with Crippen molar-refractivity contribution in [3.05, 3.63) is 29.6 Å². The molecule has 8 nitrogen and oxygen atoms in total. The van der Waals surface area contributed by atoms with Crippen LogP contribution in [0.15, 0.2) is 18.2 Å². The fourth-order valence-corrected chi connectivity index (χ4v) is 5.52. The molecule has 2 saturated heterocycles. The van der Waals surface area contributed by atoms with Gasteiger partial charge in [0, 0.05) is 11.6 Å². The summed E-state index contributed by atoms with van der Waals surface area (Å²) in [7, 11) is 0. The summed E-state index contributed by atoms with van der Waals surface area (Å²) in [5.41, 5.74) is 2.76. The number of rotatable bonds is 3. The van der Waals surface area contributed by atoms with Crippen LogP contribution in [0.5, 0.6) is 0 Å². The van der Waals surface area contributed by atoms with E-state index >= 15 is 0 Å². The number of aromatic nitrogens is 1. The van der Waals surface area contributed by atoms with Gasteiger partial charge in [-0.2, -0.15) is 0 Å². The number of fused-ring (bicyclic) bond motifs is 2. The molecule has 38 heavy (non-hydrogen) atoms. The summed E-state index contributed by atoms with van der Waals surface area (Å²) in [6, 6.07) is 3.85. The molecule has 210 valence electrons. The first kappa shape index (κ1) is 28.4. The van der Waals surface area contributed by atoms with Crippen molar-refractivity contribution in [2.75, 3.05) is 18.5 Å². The lowest BCUT2D eigenvalue weighted by Gasteiger charge is -2.48. The van der Waals surface area contributed by atoms with Crippen molar-refractivity contribution in [1.82, 2.24) is 9.88 Å². The minimum atomic E-state index is -0.590. The molecule has 8 heteroatoms. The van der Waals surface area contributed by atoms with Crippen LogP contribution in [0.2, 0.25) is 0 Å². The minimum Gasteiger partial charge on any atom is -0.444 e. The van der Waals surface area contributed by atoms with Crippen molar-refractivity contribution in [1.29, 1.82) is 0 Å². The van der Waals surface area contributed by atoms with Crippen molar-refractivity contribution in [2.24, 2.45) is 5.41 Å². The zero-order valence-corrected chi connectivity index (χ0v) is 24.3. The third-order valence-corrected chi connectivity index (χ3v) is 7.37. The highest BCUT2D eigenvalue weighted by Gasteiger charge is 2.44. The van der Waals surface area contributed by atoms with Gasteiger partial charge in [0.15, 0.2) is 0 Å². The van der Waals surface area contributed by atoms with E-state index in [-0.39, 0.29) is 29.5 Å². The molecule has 0 aromatic carbocycles. The van der Waals surface area contributed by atoms with Gasteiger partial charge in [0.05, 0.1) is 36.7 Å². The van der Waals surface area contributed by atoms with Gasteiger partial charge < -0.3 is 14.2 Å². The molecule has 0 saturated carbocycles. The molecule has 0 radical (unpaired) electrons. The summed E-state index contributed by atoms with van der Waals surface area (Å²) in [6.07, 6.45) is 5.96. The van der Waals surface area contributed by atoms with Gasteiger partial charge in [-0.25, -0.2) is 9.59 Å². The van der Waals surface area contributed by atoms with Gasteiger partial charge >= 0.3 is 12.2 Å². The molecule has 4 rings (SSSR count). The van der Waals surface area contributed by atoms with E-state index in [0.29, 0.717) is 18.9 Å². The Morgan fingerprint density at radius 2 is 1.66 bits per heavy atom. The Bertz CT molecular complexity index is 1070. The maximum atomic E-state index is 13.0. The van der Waals surface area contributed by atoms with Gasteiger partial charge in [0.25, 0.3) is 0 Å². The highest BCUT2D eigenvalue weighted by atomic mass is 16.6. The number of pyridine rings is 1. The largest absolute Gasteiger partial charge is 0.444 e. The lowest BCUT2D eigenvalue weighted by molar-refractivity contribution is -0.0827. The van der Waals surface area contributed by atoms with Crippen LogP contribution in [0.3, 0.4) is 0 Å². The molecule has 2 bridgehead atoms. The summed E-state index contributed by atoms with van der Waals surface area (Å²) in [4.78, 5) is 32.7. The molecule has 0 spiro atoms. The van der Waals surface area contributed by atoms with Crippen LogP contribution >= 0.6 is 0 Å². The van der Waals surface area contributed by atoms with Crippen molar-refractivity contribution >= 4 is 23.4 Å². The first-order valence-corrected chi connectivity index (χ1v) is 13.9. The summed E-state index contributed by atoms with van der Waals surface area (Å²) >= 11 is 0. The van der Waals surface area contributed by atoms with E-state index in [0.717, 1.165) is 49.1 Å². The molecule has 1 N–H and O–H groups in total. The Kier molecular flexibility index (Phi) is 7.86. The normalized spacial score (nSPS) is 25.3. The van der Waals surface area contributed by atoms with Crippen LogP contribution in [0, 0.1) is 5.41 Å². The van der Waals surface area contributed by atoms with Crippen LogP contribution in [0.4, 0.5) is 15.3 Å². The third kappa shape index (κ3) is 7.07. The Morgan fingerprint density at radius 1 is 1.03 bits per heavy atom. The first-order chi connectivity index (χ1) is 17.6. The van der Waals surface area contributed by atoms with E-state index in [1.54, 1.807) is 0 Å². The van der Waals surface area contributed by atoms with Crippen LogP contribution in [0.25, 0.3) is 5.57 Å². The number of piperidine rings is 1. The topological polar surface area (TPSA) is 90.0 Å². The van der Waals surface area contributed by atoms with Crippen molar-refractivity contribution < 1.29 is 23.8 Å². The molecule has 2 amide bonds. The second-order valence-corrected chi connectivity index (χ2v) is 13.8. The number of nitrogens with one attached hydrogen (secondary N) is 1. The fourth-order valence-electron chi connectivity index (χ4n) is 5.52. The molecular weight excluding hydrogens is 482 g/mol. The summed E-state index contributed by atoms with van der Waals surface area (Å²) < 4.78 is 17.1. The lowest BCUT2D eigenvalue weighted by atomic mass is 9.77. The van der Waals surface area contributed by atoms with E-state index in [1.807, 2.05) is 58.6 Å². The Balaban J connectivity index is 1.60. The van der Waals surface area contributed by atoms with Crippen molar-refractivity contribution in [3.8, 4) is 0 Å². The number of allylic oxidation sites excluding steroid dienone is 2. The Labute approximate surface area is 227 Å². The number of nitrogens with zero attached hydrogens (tertiary/aromatic N) is 2. The number of ether oxygens (including phenoxy) is 3. The number of hydrogen-bond acceptors (Lipinski definition) is 6. The first-order valence-electron chi connectivity index (χ1n) is 13.9. The molecule has 1 aromatic heterocycles. The Morgan fingerprint density at radius 3 is 2.21 bits per heavy atom. The Hall–Kier alpha value is -2.61. The molecule has 2 atom stereocenters. The summed E-state index contributed by atoms with van der Waals surface area (Å²) in [5.74, 6) is 0.183. The number of carbonyl (C=O) groups excluding carboxylic acids is 2. The van der Waals surface area contributed by atoms with Crippen LogP contribution in [-0.4, -0.2) is 58.6 Å². The fraction of sp³-hybridized carbons (Fsp3) is 0.700. The van der Waals surface area contributed by atoms with E-state index in [4.69, 9.17) is 19.2 Å². The maximum absolute atomic E-state index is 13.0. The molecular formula is C30H45N3O5. The molecule has 3 heterocycles. The predicted octanol–water partition coefficient (Wildman–Crippen LogP) is 6.90. The third-order valence-electron chi connectivity index (χ3n) is 7.37. The van der Waals surface area contributed by atoms with E-state index in [2.05, 4.69) is 25.2 Å². The van der Waals surface area contributed by atoms with Gasteiger partial charge in [-0.3, -0.25) is 15.2 Å². The van der Waals surface area contributed by atoms with E-state index in [9.17, 15) is 9.59 Å². The predicted molar refractivity (Wildman–Crippen MR) is 148 cm³/mol. The molecule has 2 fully saturated rings. The molecule has 2 aliphatic heterocycles. The van der Waals surface area contributed by atoms with Crippen molar-refractivity contribution in [2.45, 2.75) is 117 Å². The number of morpholine rings is 1. The maximum Gasteiger partial charge on any atom is 0.412 e. The van der Waals surface area contributed by atoms with Crippen LogP contribution in [0.1, 0.15) is 105 Å². The molecule has 1 aliphatic carbocycles. The number of hydrogen-bond donors (Lipinski definition) is 1. The number of anilines is 1. The highest BCUT2D eigenvalue weighted by molar-refractivity contribution is 5.89. The smallest absolute Gasteiger partial charge is 0.412 e. The molecule has 3 aliphatic rings. The van der Waals surface area contributed by atoms with E-state index in [1.165, 1.54) is 0 Å². The van der Waals surface area contributed by atoms with Crippen LogP contribution in [-0.2, 0) is 14.2 Å². The second kappa shape index (κ2) is 10.5. The monoisotopic (exact) mass is 527 g/mol. The van der Waals surface area contributed by atoms with Gasteiger partial charge in [-0.15, -0.1) is 0 Å². The zero-order chi connectivity index (χ0) is 27.9. The van der Waals surface area contributed by atoms with E-state index < -0.39 is 17.3 Å². The molecule has 2 unspecified atom stereocenters. The quantitative estimate of drug-likeness (QED) is 0.460. The average molecular weight is 528 g/mol. The second-order valence-electron chi connectivity index (χ2n) is 13.8. The van der Waals surface area contributed by atoms with Crippen molar-refractivity contribution in [3.63, 3.8) is 0 Å². The van der Waals surface area contributed by atoms with Gasteiger partial charge in [-0.1, -0.05) is 19.9 Å². The highest BCUT2D eigenvalue weighted by Crippen LogP contribution is 2.42. The summed E-state index contributed by atoms with van der Waals surface area (Å²) in [6.45, 7) is 16.8. The SMILES string of the molecule is CC1(C)CC=C(c2nc(C3CC4COCC(C3)N4C(=O)OC(C)(C)C)ccc2NC(=O)OC(C)(C)C)CC1. The standard InChI is InChI=1S/C30H45N3O5/c1-28(2,3)37-26(34)32-24-10-9-23(31-25(24)19-11-13-30(7,8)14-12-19)20-15-21-17-36-18-22(16-20)33(21)27(35)38-29(4,5)6/h9-11,20-22H,12-18H2,1-8H3,(H,32,34). The van der Waals surface area contributed by atoms with Crippen LogP contribution < -0.4 is 5.32 Å². The molecule has 1 aromatic rings. The average Bonchev–Trinajstić information content (AvgIpc) is 2.76. The minimum absolute atomic E-state index is 0.0538. The number of amides is 2. The lowest BCUT2D eigenvalue weighted by Crippen LogP contribution is -2.59. The summed E-state index contributed by atoms with van der Waals surface area (Å²) in [5, 5.41) is 2.94. The number of carbonyl (C=O) groups is 2. The van der Waals surface area contributed by atoms with Gasteiger partial charge in [0.2, 0.25) is 0 Å². The van der Waals surface area contributed by atoms with Gasteiger partial charge in [0.1, 0.15) is 11.2 Å². The van der Waals surface area contributed by atoms with Gasteiger partial charge in [-0.05, 0) is 96.8 Å². The zero-order valence-electron chi connectivity index (χ0n) is 24.3.